The standard InChI is InChI=1S/C27H32N6O2/c34-25(19-32-14-2-1-3-15-32)33-16-10-21-6-7-22(17-24(21)33)31-27(35)23-5-4-11-29-26(23)30-18-20-8-12-28-13-9-20/h4-9,11-12,17,28H,1-3,10,13-16,18-19H2,(H,29,30)(H,31,35). The molecule has 0 saturated carbocycles. The number of anilines is 3. The van der Waals surface area contributed by atoms with Crippen LogP contribution in [0.1, 0.15) is 35.2 Å². The fraction of sp³-hybridized carbons (Fsp3) is 0.370. The lowest BCUT2D eigenvalue weighted by molar-refractivity contribution is -0.119. The number of piperidine rings is 1. The lowest BCUT2D eigenvalue weighted by atomic mass is 10.1. The number of pyridine rings is 1. The third-order valence-corrected chi connectivity index (χ3v) is 6.76. The molecule has 35 heavy (non-hydrogen) atoms. The number of nitrogens with zero attached hydrogens (tertiary/aromatic N) is 3. The van der Waals surface area contributed by atoms with Gasteiger partial charge in [0.2, 0.25) is 5.91 Å². The zero-order valence-corrected chi connectivity index (χ0v) is 19.9. The number of aromatic nitrogens is 1. The molecular formula is C27H32N6O2. The van der Waals surface area contributed by atoms with Crippen molar-refractivity contribution >= 4 is 29.0 Å². The summed E-state index contributed by atoms with van der Waals surface area (Å²) in [6, 6.07) is 9.36. The van der Waals surface area contributed by atoms with Crippen LogP contribution in [0.2, 0.25) is 0 Å². The molecule has 0 bridgehead atoms. The number of likely N-dealkylation sites (tertiary alicyclic amines) is 1. The molecule has 0 unspecified atom stereocenters. The third kappa shape index (κ3) is 5.54. The highest BCUT2D eigenvalue weighted by atomic mass is 16.2. The van der Waals surface area contributed by atoms with Crippen molar-refractivity contribution in [1.29, 1.82) is 0 Å². The van der Waals surface area contributed by atoms with E-state index in [4.69, 9.17) is 0 Å². The Kier molecular flexibility index (Phi) is 7.09. The molecule has 1 aromatic heterocycles. The van der Waals surface area contributed by atoms with E-state index >= 15 is 0 Å². The molecule has 5 rings (SSSR count). The van der Waals surface area contributed by atoms with E-state index in [9.17, 15) is 9.59 Å². The van der Waals surface area contributed by atoms with Gasteiger partial charge in [0.25, 0.3) is 5.91 Å². The van der Waals surface area contributed by atoms with Crippen LogP contribution in [0.4, 0.5) is 17.2 Å². The summed E-state index contributed by atoms with van der Waals surface area (Å²) in [6.07, 6.45) is 12.1. The van der Waals surface area contributed by atoms with E-state index < -0.39 is 0 Å². The van der Waals surface area contributed by atoms with Gasteiger partial charge in [-0.2, -0.15) is 0 Å². The Hall–Kier alpha value is -3.65. The van der Waals surface area contributed by atoms with Crippen LogP contribution in [0.3, 0.4) is 0 Å². The molecule has 0 radical (unpaired) electrons. The highest BCUT2D eigenvalue weighted by Gasteiger charge is 2.27. The number of benzene rings is 1. The molecule has 0 atom stereocenters. The van der Waals surface area contributed by atoms with Crippen molar-refractivity contribution in [3.8, 4) is 0 Å². The second-order valence-corrected chi connectivity index (χ2v) is 9.20. The maximum Gasteiger partial charge on any atom is 0.259 e. The van der Waals surface area contributed by atoms with Crippen molar-refractivity contribution in [3.05, 3.63) is 71.6 Å². The molecule has 1 saturated heterocycles. The molecule has 1 aromatic carbocycles. The van der Waals surface area contributed by atoms with Crippen molar-refractivity contribution in [2.75, 3.05) is 54.8 Å². The van der Waals surface area contributed by atoms with Gasteiger partial charge in [-0.25, -0.2) is 4.98 Å². The number of carbonyl (C=O) groups excluding carboxylic acids is 2. The molecule has 3 aliphatic heterocycles. The molecule has 3 N–H and O–H groups in total. The normalized spacial score (nSPS) is 17.4. The minimum Gasteiger partial charge on any atom is -0.387 e. The van der Waals surface area contributed by atoms with E-state index in [0.717, 1.165) is 55.7 Å². The SMILES string of the molecule is O=C(Nc1ccc2c(c1)N(C(=O)CN1CCCCC1)CC2)c1cccnc1NCC1=CCNC=C1. The molecule has 0 aliphatic carbocycles. The quantitative estimate of drug-likeness (QED) is 0.574. The van der Waals surface area contributed by atoms with Gasteiger partial charge in [0, 0.05) is 37.2 Å². The fourth-order valence-corrected chi connectivity index (χ4v) is 4.85. The molecular weight excluding hydrogens is 440 g/mol. The van der Waals surface area contributed by atoms with Crippen molar-refractivity contribution in [2.24, 2.45) is 0 Å². The van der Waals surface area contributed by atoms with Gasteiger partial charge in [-0.1, -0.05) is 18.6 Å². The summed E-state index contributed by atoms with van der Waals surface area (Å²) in [5, 5.41) is 9.40. The largest absolute Gasteiger partial charge is 0.387 e. The third-order valence-electron chi connectivity index (χ3n) is 6.76. The summed E-state index contributed by atoms with van der Waals surface area (Å²) in [6.45, 7) is 4.52. The predicted octanol–water partition coefficient (Wildman–Crippen LogP) is 3.16. The molecule has 8 heteroatoms. The molecule has 0 spiro atoms. The van der Waals surface area contributed by atoms with Crippen molar-refractivity contribution in [3.63, 3.8) is 0 Å². The average molecular weight is 473 g/mol. The Morgan fingerprint density at radius 1 is 1.09 bits per heavy atom. The van der Waals surface area contributed by atoms with Gasteiger partial charge < -0.3 is 20.9 Å². The number of carbonyl (C=O) groups is 2. The van der Waals surface area contributed by atoms with Gasteiger partial charge in [0.1, 0.15) is 5.82 Å². The van der Waals surface area contributed by atoms with Crippen LogP contribution in [0.15, 0.2) is 60.5 Å². The molecule has 182 valence electrons. The number of hydrogen-bond donors (Lipinski definition) is 3. The van der Waals surface area contributed by atoms with Gasteiger partial charge in [0.05, 0.1) is 12.1 Å². The van der Waals surface area contributed by atoms with E-state index in [0.29, 0.717) is 36.7 Å². The summed E-state index contributed by atoms with van der Waals surface area (Å²) >= 11 is 0. The number of rotatable bonds is 7. The number of nitrogens with one attached hydrogen (secondary N) is 3. The lowest BCUT2D eigenvalue weighted by Gasteiger charge is -2.28. The monoisotopic (exact) mass is 472 g/mol. The van der Waals surface area contributed by atoms with Crippen LogP contribution in [0.25, 0.3) is 0 Å². The first-order chi connectivity index (χ1) is 17.2. The van der Waals surface area contributed by atoms with Gasteiger partial charge in [-0.15, -0.1) is 0 Å². The number of amides is 2. The Labute approximate surface area is 206 Å². The van der Waals surface area contributed by atoms with Gasteiger partial charge in [-0.3, -0.25) is 14.5 Å². The zero-order chi connectivity index (χ0) is 24.0. The molecule has 3 aliphatic rings. The van der Waals surface area contributed by atoms with E-state index in [1.54, 1.807) is 18.3 Å². The van der Waals surface area contributed by atoms with Crippen LogP contribution >= 0.6 is 0 Å². The van der Waals surface area contributed by atoms with Gasteiger partial charge in [-0.05, 0) is 80.0 Å². The molecule has 2 aromatic rings. The fourth-order valence-electron chi connectivity index (χ4n) is 4.85. The molecule has 1 fully saturated rings. The summed E-state index contributed by atoms with van der Waals surface area (Å²) in [4.78, 5) is 34.7. The van der Waals surface area contributed by atoms with Gasteiger partial charge >= 0.3 is 0 Å². The average Bonchev–Trinajstić information content (AvgIpc) is 3.32. The van der Waals surface area contributed by atoms with Crippen LogP contribution in [0, 0.1) is 0 Å². The van der Waals surface area contributed by atoms with E-state index in [1.165, 1.54) is 6.42 Å². The summed E-state index contributed by atoms with van der Waals surface area (Å²) < 4.78 is 0. The first-order valence-corrected chi connectivity index (χ1v) is 12.4. The maximum absolute atomic E-state index is 13.1. The lowest BCUT2D eigenvalue weighted by Crippen LogP contribution is -2.41. The van der Waals surface area contributed by atoms with Crippen LogP contribution in [-0.2, 0) is 11.2 Å². The molecule has 4 heterocycles. The number of dihydropyridines is 1. The number of fused-ring (bicyclic) bond motifs is 1. The summed E-state index contributed by atoms with van der Waals surface area (Å²) in [5.41, 5.74) is 4.32. The topological polar surface area (TPSA) is 89.6 Å². The molecule has 8 nitrogen and oxygen atoms in total. The predicted molar refractivity (Wildman–Crippen MR) is 139 cm³/mol. The van der Waals surface area contributed by atoms with Crippen molar-refractivity contribution in [1.82, 2.24) is 15.2 Å². The maximum atomic E-state index is 13.1. The smallest absolute Gasteiger partial charge is 0.259 e. The summed E-state index contributed by atoms with van der Waals surface area (Å²) in [7, 11) is 0. The Morgan fingerprint density at radius 2 is 1.97 bits per heavy atom. The number of hydrogen-bond acceptors (Lipinski definition) is 6. The van der Waals surface area contributed by atoms with Gasteiger partial charge in [0.15, 0.2) is 0 Å². The van der Waals surface area contributed by atoms with Crippen LogP contribution in [0.5, 0.6) is 0 Å². The first kappa shape index (κ1) is 23.1. The first-order valence-electron chi connectivity index (χ1n) is 12.4. The zero-order valence-electron chi connectivity index (χ0n) is 19.9. The van der Waals surface area contributed by atoms with E-state index in [-0.39, 0.29) is 11.8 Å². The Morgan fingerprint density at radius 3 is 2.80 bits per heavy atom. The Balaban J connectivity index is 1.26. The Bertz CT molecular complexity index is 1150. The molecule has 2 amide bonds. The highest BCUT2D eigenvalue weighted by Crippen LogP contribution is 2.31. The second kappa shape index (κ2) is 10.7. The second-order valence-electron chi connectivity index (χ2n) is 9.20. The minimum absolute atomic E-state index is 0.133. The van der Waals surface area contributed by atoms with E-state index in [1.807, 2.05) is 35.4 Å². The van der Waals surface area contributed by atoms with E-state index in [2.05, 4.69) is 31.9 Å². The van der Waals surface area contributed by atoms with Crippen LogP contribution < -0.4 is 20.9 Å². The van der Waals surface area contributed by atoms with Crippen LogP contribution in [-0.4, -0.2) is 61.0 Å². The highest BCUT2D eigenvalue weighted by molar-refractivity contribution is 6.08. The van der Waals surface area contributed by atoms with Crippen molar-refractivity contribution in [2.45, 2.75) is 25.7 Å². The minimum atomic E-state index is -0.237. The van der Waals surface area contributed by atoms with Crippen molar-refractivity contribution < 1.29 is 9.59 Å². The summed E-state index contributed by atoms with van der Waals surface area (Å²) in [5.74, 6) is 0.436.